The van der Waals surface area contributed by atoms with Crippen LogP contribution in [-0.2, 0) is 4.79 Å². The van der Waals surface area contributed by atoms with Gasteiger partial charge in [0.1, 0.15) is 17.5 Å². The molecule has 14 heteroatoms. The first-order chi connectivity index (χ1) is 21.5. The fourth-order valence-electron chi connectivity index (χ4n) is 4.26. The van der Waals surface area contributed by atoms with E-state index < -0.39 is 52.7 Å². The van der Waals surface area contributed by atoms with E-state index in [2.05, 4.69) is 21.3 Å². The topological polar surface area (TPSA) is 238 Å². The van der Waals surface area contributed by atoms with Crippen LogP contribution in [0.15, 0.2) is 54.6 Å². The maximum Gasteiger partial charge on any atom is 0.255 e. The van der Waals surface area contributed by atoms with Gasteiger partial charge in [0.2, 0.25) is 5.91 Å². The van der Waals surface area contributed by atoms with Crippen LogP contribution in [0.5, 0.6) is 34.5 Å². The van der Waals surface area contributed by atoms with Gasteiger partial charge in [-0.05, 0) is 74.6 Å². The number of nitrogens with one attached hydrogen (secondary N) is 4. The zero-order chi connectivity index (χ0) is 32.9. The van der Waals surface area contributed by atoms with Crippen molar-refractivity contribution in [2.45, 2.75) is 38.1 Å². The van der Waals surface area contributed by atoms with Crippen LogP contribution in [0.4, 0.5) is 0 Å². The van der Waals surface area contributed by atoms with Crippen molar-refractivity contribution in [1.29, 1.82) is 0 Å². The van der Waals surface area contributed by atoms with E-state index >= 15 is 0 Å². The molecule has 0 bridgehead atoms. The molecule has 45 heavy (non-hydrogen) atoms. The van der Waals surface area contributed by atoms with E-state index in [1.165, 1.54) is 42.5 Å². The molecule has 0 aliphatic rings. The number of carbonyl (C=O) groups excluding carboxylic acids is 4. The largest absolute Gasteiger partial charge is 0.508 e. The molecule has 0 spiro atoms. The molecular weight excluding hydrogens is 588 g/mol. The molecule has 1 unspecified atom stereocenters. The number of hydrogen-bond acceptors (Lipinski definition) is 10. The molecule has 0 aliphatic heterocycles. The average molecular weight is 625 g/mol. The van der Waals surface area contributed by atoms with E-state index in [0.29, 0.717) is 25.7 Å². The molecule has 3 rings (SSSR count). The Balaban J connectivity index is 1.48. The van der Waals surface area contributed by atoms with Crippen LogP contribution in [0.3, 0.4) is 0 Å². The summed E-state index contributed by atoms with van der Waals surface area (Å²) in [6, 6.07) is 10.2. The smallest absolute Gasteiger partial charge is 0.255 e. The Morgan fingerprint density at radius 1 is 0.578 bits per heavy atom. The number of hydrogen-bond donors (Lipinski definition) is 10. The summed E-state index contributed by atoms with van der Waals surface area (Å²) in [6.07, 6.45) is 1.98. The molecule has 0 radical (unpaired) electrons. The number of amides is 4. The Kier molecular flexibility index (Phi) is 12.2. The second kappa shape index (κ2) is 16.3. The summed E-state index contributed by atoms with van der Waals surface area (Å²) in [6.45, 7) is 0.686. The molecule has 0 heterocycles. The number of rotatable bonds is 15. The van der Waals surface area contributed by atoms with E-state index in [1.54, 1.807) is 0 Å². The molecule has 240 valence electrons. The molecule has 3 aromatic carbocycles. The van der Waals surface area contributed by atoms with Gasteiger partial charge in [0, 0.05) is 31.3 Å². The quantitative estimate of drug-likeness (QED) is 0.0871. The van der Waals surface area contributed by atoms with Crippen LogP contribution >= 0.6 is 0 Å². The molecule has 0 saturated heterocycles. The molecule has 1 atom stereocenters. The second-order valence-electron chi connectivity index (χ2n) is 10.1. The van der Waals surface area contributed by atoms with E-state index in [0.717, 1.165) is 12.1 Å². The number of phenolic OH excluding ortho intramolecular Hbond substituents is 6. The first-order valence-corrected chi connectivity index (χ1v) is 14.2. The van der Waals surface area contributed by atoms with Gasteiger partial charge < -0.3 is 51.9 Å². The number of aromatic hydroxyl groups is 6. The lowest BCUT2D eigenvalue weighted by Gasteiger charge is -2.19. The Hall–Kier alpha value is -5.66. The molecular formula is C31H36N4O10. The van der Waals surface area contributed by atoms with Crippen molar-refractivity contribution in [1.82, 2.24) is 21.3 Å². The minimum atomic E-state index is -0.996. The summed E-state index contributed by atoms with van der Waals surface area (Å²) < 4.78 is 0. The highest BCUT2D eigenvalue weighted by molar-refractivity contribution is 6.00. The third-order valence-corrected chi connectivity index (χ3v) is 6.74. The van der Waals surface area contributed by atoms with Gasteiger partial charge in [-0.2, -0.15) is 0 Å². The van der Waals surface area contributed by atoms with Crippen molar-refractivity contribution in [3.8, 4) is 34.5 Å². The number of para-hydroxylation sites is 1. The molecule has 14 nitrogen and oxygen atoms in total. The lowest BCUT2D eigenvalue weighted by Crippen LogP contribution is -2.47. The highest BCUT2D eigenvalue weighted by Crippen LogP contribution is 2.28. The number of carbonyl (C=O) groups is 4. The monoisotopic (exact) mass is 624 g/mol. The lowest BCUT2D eigenvalue weighted by molar-refractivity contribution is -0.123. The summed E-state index contributed by atoms with van der Waals surface area (Å²) in [5.74, 6) is -4.65. The van der Waals surface area contributed by atoms with Gasteiger partial charge in [-0.25, -0.2) is 0 Å². The summed E-state index contributed by atoms with van der Waals surface area (Å²) in [7, 11) is 0. The summed E-state index contributed by atoms with van der Waals surface area (Å²) >= 11 is 0. The van der Waals surface area contributed by atoms with Crippen LogP contribution in [0.1, 0.15) is 63.2 Å². The van der Waals surface area contributed by atoms with Gasteiger partial charge in [0.25, 0.3) is 17.7 Å². The molecule has 10 N–H and O–H groups in total. The van der Waals surface area contributed by atoms with Gasteiger partial charge in [-0.1, -0.05) is 6.07 Å². The van der Waals surface area contributed by atoms with Crippen molar-refractivity contribution in [3.63, 3.8) is 0 Å². The van der Waals surface area contributed by atoms with Gasteiger partial charge in [0.05, 0.1) is 11.1 Å². The van der Waals surface area contributed by atoms with Gasteiger partial charge in [0.15, 0.2) is 23.0 Å². The Bertz CT molecular complexity index is 1530. The summed E-state index contributed by atoms with van der Waals surface area (Å²) in [5.41, 5.74) is -0.0510. The number of unbranched alkanes of at least 4 members (excludes halogenated alkanes) is 2. The minimum Gasteiger partial charge on any atom is -0.508 e. The zero-order valence-corrected chi connectivity index (χ0v) is 24.2. The number of phenols is 6. The van der Waals surface area contributed by atoms with Gasteiger partial charge in [-0.15, -0.1) is 0 Å². The molecule has 0 fully saturated rings. The highest BCUT2D eigenvalue weighted by atomic mass is 16.3. The average Bonchev–Trinajstić information content (AvgIpc) is 3.00. The van der Waals surface area contributed by atoms with Crippen LogP contribution < -0.4 is 21.3 Å². The molecule has 0 aromatic heterocycles. The molecule has 0 saturated carbocycles. The Morgan fingerprint density at radius 3 is 1.93 bits per heavy atom. The predicted molar refractivity (Wildman–Crippen MR) is 161 cm³/mol. The number of benzene rings is 3. The third-order valence-electron chi connectivity index (χ3n) is 6.74. The molecule has 4 amide bonds. The van der Waals surface area contributed by atoms with E-state index in [9.17, 15) is 49.8 Å². The maximum absolute atomic E-state index is 13.0. The maximum atomic E-state index is 13.0. The zero-order valence-electron chi connectivity index (χ0n) is 24.2. The lowest BCUT2D eigenvalue weighted by atomic mass is 10.1. The summed E-state index contributed by atoms with van der Waals surface area (Å²) in [5, 5.41) is 68.5. The predicted octanol–water partition coefficient (Wildman–Crippen LogP) is 1.95. The Morgan fingerprint density at radius 2 is 1.24 bits per heavy atom. The van der Waals surface area contributed by atoms with E-state index in [1.807, 2.05) is 0 Å². The standard InChI is InChI=1S/C31H36N4O10/c36-19-10-11-20(25(39)17-19)30(44)35-22(7-1-2-13-32-28(42)18-9-12-23(37)26(40)16-18)31(45)34-15-4-3-14-33-29(43)21-6-5-8-24(38)27(21)41/h5-6,8-12,16-17,22,36-41H,1-4,7,13-15H2,(H,32,42)(H,33,43)(H,34,45)(H,35,44). The van der Waals surface area contributed by atoms with E-state index in [-0.39, 0.29) is 54.2 Å². The van der Waals surface area contributed by atoms with Crippen LogP contribution in [0.25, 0.3) is 0 Å². The van der Waals surface area contributed by atoms with Crippen LogP contribution in [-0.4, -0.2) is 79.9 Å². The fraction of sp³-hybridized carbons (Fsp3) is 0.290. The van der Waals surface area contributed by atoms with Crippen molar-refractivity contribution in [3.05, 3.63) is 71.3 Å². The van der Waals surface area contributed by atoms with E-state index in [4.69, 9.17) is 0 Å². The first kappa shape index (κ1) is 33.8. The second-order valence-corrected chi connectivity index (χ2v) is 10.1. The third kappa shape index (κ3) is 9.95. The van der Waals surface area contributed by atoms with Crippen molar-refractivity contribution in [2.24, 2.45) is 0 Å². The van der Waals surface area contributed by atoms with Crippen molar-refractivity contribution < 1.29 is 49.8 Å². The molecule has 0 aliphatic carbocycles. The summed E-state index contributed by atoms with van der Waals surface area (Å²) in [4.78, 5) is 50.3. The van der Waals surface area contributed by atoms with Crippen molar-refractivity contribution in [2.75, 3.05) is 19.6 Å². The van der Waals surface area contributed by atoms with Gasteiger partial charge >= 0.3 is 0 Å². The first-order valence-electron chi connectivity index (χ1n) is 14.2. The van der Waals surface area contributed by atoms with Gasteiger partial charge in [-0.3, -0.25) is 19.2 Å². The SMILES string of the molecule is O=C(NCCCCC(NC(=O)c1ccc(O)cc1O)C(=O)NCCCCNC(=O)c1cccc(O)c1O)c1ccc(O)c(O)c1. The van der Waals surface area contributed by atoms with Crippen LogP contribution in [0.2, 0.25) is 0 Å². The minimum absolute atomic E-state index is 0.0687. The fourth-order valence-corrected chi connectivity index (χ4v) is 4.26. The molecule has 3 aromatic rings. The normalized spacial score (nSPS) is 11.3. The Labute approximate surface area is 258 Å². The van der Waals surface area contributed by atoms with Crippen LogP contribution in [0, 0.1) is 0 Å². The highest BCUT2D eigenvalue weighted by Gasteiger charge is 2.23. The van der Waals surface area contributed by atoms with Crippen molar-refractivity contribution >= 4 is 23.6 Å².